The molecule has 4 heteroatoms. The van der Waals surface area contributed by atoms with E-state index in [1.54, 1.807) is 6.92 Å². The molecule has 0 spiro atoms. The van der Waals surface area contributed by atoms with Crippen molar-refractivity contribution in [3.8, 4) is 16.9 Å². The van der Waals surface area contributed by atoms with Gasteiger partial charge in [0, 0.05) is 13.2 Å². The van der Waals surface area contributed by atoms with E-state index in [1.807, 2.05) is 42.5 Å². The lowest BCUT2D eigenvalue weighted by Gasteiger charge is -2.16. The first kappa shape index (κ1) is 16.5. The van der Waals surface area contributed by atoms with Crippen molar-refractivity contribution in [2.24, 2.45) is 0 Å². The molecule has 24 heavy (non-hydrogen) atoms. The number of hydrogen-bond acceptors (Lipinski definition) is 3. The van der Waals surface area contributed by atoms with Gasteiger partial charge in [0.2, 0.25) is 0 Å². The number of rotatable bonds is 6. The lowest BCUT2D eigenvalue weighted by atomic mass is 10.1. The Morgan fingerprint density at radius 3 is 2.54 bits per heavy atom. The maximum atomic E-state index is 12.1. The number of benzene rings is 2. The molecular weight excluding hydrogens is 302 g/mol. The molecule has 0 unspecified atom stereocenters. The van der Waals surface area contributed by atoms with E-state index in [0.29, 0.717) is 12.3 Å². The summed E-state index contributed by atoms with van der Waals surface area (Å²) in [6.07, 6.45) is 1.69. The van der Waals surface area contributed by atoms with Gasteiger partial charge in [-0.3, -0.25) is 4.79 Å². The molecule has 3 rings (SSSR count). The maximum absolute atomic E-state index is 12.1. The van der Waals surface area contributed by atoms with E-state index in [1.165, 1.54) is 0 Å². The summed E-state index contributed by atoms with van der Waals surface area (Å²) in [5.41, 5.74) is 2.28. The van der Waals surface area contributed by atoms with Crippen LogP contribution in [0.5, 0.6) is 5.75 Å². The van der Waals surface area contributed by atoms with Crippen LogP contribution >= 0.6 is 0 Å². The Kier molecular flexibility index (Phi) is 5.49. The van der Waals surface area contributed by atoms with E-state index in [2.05, 4.69) is 17.4 Å². The molecule has 1 N–H and O–H groups in total. The molecule has 2 aromatic carbocycles. The Morgan fingerprint density at radius 1 is 1.17 bits per heavy atom. The predicted octanol–water partition coefficient (Wildman–Crippen LogP) is 3.42. The number of nitrogens with one attached hydrogen (secondary N) is 1. The average molecular weight is 325 g/mol. The van der Waals surface area contributed by atoms with Gasteiger partial charge in [-0.05, 0) is 43.0 Å². The average Bonchev–Trinajstić information content (AvgIpc) is 3.14. The van der Waals surface area contributed by atoms with Crippen LogP contribution < -0.4 is 10.1 Å². The molecule has 0 bridgehead atoms. The Hall–Kier alpha value is -2.33. The summed E-state index contributed by atoms with van der Waals surface area (Å²) in [7, 11) is 0. The molecule has 126 valence electrons. The molecule has 0 saturated carbocycles. The SMILES string of the molecule is C[C@H](Oc1ccc(-c2ccccc2)cc1)C(=O)NC[C@@H]1CCCO1. The van der Waals surface area contributed by atoms with Crippen molar-refractivity contribution in [3.05, 3.63) is 54.6 Å². The van der Waals surface area contributed by atoms with Crippen LogP contribution in [-0.2, 0) is 9.53 Å². The van der Waals surface area contributed by atoms with Crippen molar-refractivity contribution < 1.29 is 14.3 Å². The summed E-state index contributed by atoms with van der Waals surface area (Å²) in [5.74, 6) is 0.576. The number of ether oxygens (including phenoxy) is 2. The van der Waals surface area contributed by atoms with Gasteiger partial charge in [-0.2, -0.15) is 0 Å². The third-order valence-electron chi connectivity index (χ3n) is 4.17. The Labute approximate surface area is 142 Å². The predicted molar refractivity (Wildman–Crippen MR) is 94.0 cm³/mol. The van der Waals surface area contributed by atoms with Crippen LogP contribution in [0.25, 0.3) is 11.1 Å². The quantitative estimate of drug-likeness (QED) is 0.885. The third kappa shape index (κ3) is 4.36. The summed E-state index contributed by atoms with van der Waals surface area (Å²) in [6.45, 7) is 3.11. The largest absolute Gasteiger partial charge is 0.481 e. The van der Waals surface area contributed by atoms with Crippen molar-refractivity contribution in [2.75, 3.05) is 13.2 Å². The second kappa shape index (κ2) is 7.97. The van der Waals surface area contributed by atoms with Crippen LogP contribution in [-0.4, -0.2) is 31.3 Å². The zero-order chi connectivity index (χ0) is 16.8. The highest BCUT2D eigenvalue weighted by molar-refractivity contribution is 5.80. The molecule has 2 aromatic rings. The van der Waals surface area contributed by atoms with Gasteiger partial charge < -0.3 is 14.8 Å². The Morgan fingerprint density at radius 2 is 1.88 bits per heavy atom. The Balaban J connectivity index is 1.52. The van der Waals surface area contributed by atoms with Gasteiger partial charge in [-0.1, -0.05) is 42.5 Å². The molecule has 1 aliphatic heterocycles. The van der Waals surface area contributed by atoms with Crippen molar-refractivity contribution in [3.63, 3.8) is 0 Å². The second-order valence-corrected chi connectivity index (χ2v) is 6.03. The molecule has 1 heterocycles. The molecule has 0 aromatic heterocycles. The topological polar surface area (TPSA) is 47.6 Å². The number of carbonyl (C=O) groups excluding carboxylic acids is 1. The van der Waals surface area contributed by atoms with Crippen LogP contribution in [0.1, 0.15) is 19.8 Å². The second-order valence-electron chi connectivity index (χ2n) is 6.03. The molecular formula is C20H23NO3. The van der Waals surface area contributed by atoms with Crippen molar-refractivity contribution >= 4 is 5.91 Å². The molecule has 0 aliphatic carbocycles. The monoisotopic (exact) mass is 325 g/mol. The van der Waals surface area contributed by atoms with Gasteiger partial charge in [0.05, 0.1) is 6.10 Å². The minimum absolute atomic E-state index is 0.113. The van der Waals surface area contributed by atoms with E-state index in [4.69, 9.17) is 9.47 Å². The van der Waals surface area contributed by atoms with E-state index in [-0.39, 0.29) is 12.0 Å². The van der Waals surface area contributed by atoms with E-state index >= 15 is 0 Å². The smallest absolute Gasteiger partial charge is 0.260 e. The molecule has 4 nitrogen and oxygen atoms in total. The van der Waals surface area contributed by atoms with E-state index in [0.717, 1.165) is 30.6 Å². The fourth-order valence-electron chi connectivity index (χ4n) is 2.78. The number of carbonyl (C=O) groups is 1. The summed E-state index contributed by atoms with van der Waals surface area (Å²) in [4.78, 5) is 12.1. The Bertz CT molecular complexity index is 648. The number of hydrogen-bond donors (Lipinski definition) is 1. The first-order valence-corrected chi connectivity index (χ1v) is 8.44. The van der Waals surface area contributed by atoms with Gasteiger partial charge in [0.15, 0.2) is 6.10 Å². The maximum Gasteiger partial charge on any atom is 0.260 e. The minimum Gasteiger partial charge on any atom is -0.481 e. The van der Waals surface area contributed by atoms with Crippen LogP contribution in [0.2, 0.25) is 0 Å². The first-order valence-electron chi connectivity index (χ1n) is 8.44. The standard InChI is InChI=1S/C20H23NO3/c1-15(20(22)21-14-19-8-5-13-23-19)24-18-11-9-17(10-12-18)16-6-3-2-4-7-16/h2-4,6-7,9-12,15,19H,5,8,13-14H2,1H3,(H,21,22)/t15-,19-/m0/s1. The zero-order valence-corrected chi connectivity index (χ0v) is 13.9. The van der Waals surface area contributed by atoms with Gasteiger partial charge in [0.1, 0.15) is 5.75 Å². The molecule has 0 radical (unpaired) electrons. The number of amides is 1. The molecule has 2 atom stereocenters. The van der Waals surface area contributed by atoms with Gasteiger partial charge in [-0.15, -0.1) is 0 Å². The van der Waals surface area contributed by atoms with E-state index < -0.39 is 6.10 Å². The van der Waals surface area contributed by atoms with Crippen LogP contribution in [0.3, 0.4) is 0 Å². The highest BCUT2D eigenvalue weighted by atomic mass is 16.5. The summed E-state index contributed by atoms with van der Waals surface area (Å²) in [6, 6.07) is 18.0. The first-order chi connectivity index (χ1) is 11.7. The van der Waals surface area contributed by atoms with E-state index in [9.17, 15) is 4.79 Å². The van der Waals surface area contributed by atoms with Crippen molar-refractivity contribution in [1.29, 1.82) is 0 Å². The van der Waals surface area contributed by atoms with Crippen molar-refractivity contribution in [2.45, 2.75) is 32.0 Å². The fraction of sp³-hybridized carbons (Fsp3) is 0.350. The minimum atomic E-state index is -0.533. The summed E-state index contributed by atoms with van der Waals surface area (Å²) >= 11 is 0. The molecule has 1 fully saturated rings. The van der Waals surface area contributed by atoms with Crippen LogP contribution in [0.15, 0.2) is 54.6 Å². The van der Waals surface area contributed by atoms with Crippen LogP contribution in [0.4, 0.5) is 0 Å². The molecule has 1 aliphatic rings. The lowest BCUT2D eigenvalue weighted by molar-refractivity contribution is -0.127. The summed E-state index contributed by atoms with van der Waals surface area (Å²) in [5, 5.41) is 2.89. The van der Waals surface area contributed by atoms with Crippen molar-refractivity contribution in [1.82, 2.24) is 5.32 Å². The summed E-state index contributed by atoms with van der Waals surface area (Å²) < 4.78 is 11.2. The normalized spacial score (nSPS) is 18.1. The van der Waals surface area contributed by atoms with Crippen LogP contribution in [0, 0.1) is 0 Å². The fourth-order valence-corrected chi connectivity index (χ4v) is 2.78. The zero-order valence-electron chi connectivity index (χ0n) is 13.9. The van der Waals surface area contributed by atoms with Gasteiger partial charge in [-0.25, -0.2) is 0 Å². The molecule has 1 saturated heterocycles. The third-order valence-corrected chi connectivity index (χ3v) is 4.17. The molecule has 1 amide bonds. The van der Waals surface area contributed by atoms with Gasteiger partial charge in [0.25, 0.3) is 5.91 Å². The highest BCUT2D eigenvalue weighted by Crippen LogP contribution is 2.22. The van der Waals surface area contributed by atoms with Gasteiger partial charge >= 0.3 is 0 Å². The highest BCUT2D eigenvalue weighted by Gasteiger charge is 2.19. The lowest BCUT2D eigenvalue weighted by Crippen LogP contribution is -2.40.